The molecule has 2 fully saturated rings. The number of hydrogen-bond acceptors (Lipinski definition) is 3. The third kappa shape index (κ3) is 4.83. The molecule has 0 atom stereocenters. The molecule has 0 saturated heterocycles. The second kappa shape index (κ2) is 8.48. The number of benzene rings is 2. The summed E-state index contributed by atoms with van der Waals surface area (Å²) in [5.41, 5.74) is 2.77. The standard InChI is InChI=1S/C25H23ClN2O2S/c26-19-7-5-17(6-8-19)22-13-14-23(31-22)25(30)28(21-11-12-21)15-16-1-3-18(4-2-16)24(29)27-20-9-10-20/h1-8,13-14,20-21H,9-12,15H2,(H,27,29). The van der Waals surface area contributed by atoms with Gasteiger partial charge in [-0.2, -0.15) is 0 Å². The fourth-order valence-electron chi connectivity index (χ4n) is 3.57. The van der Waals surface area contributed by atoms with E-state index in [1.165, 1.54) is 11.3 Å². The first-order chi connectivity index (χ1) is 15.1. The van der Waals surface area contributed by atoms with Gasteiger partial charge in [-0.25, -0.2) is 0 Å². The van der Waals surface area contributed by atoms with Gasteiger partial charge in [0.1, 0.15) is 0 Å². The zero-order chi connectivity index (χ0) is 21.4. The van der Waals surface area contributed by atoms with Crippen LogP contribution in [-0.2, 0) is 6.54 Å². The van der Waals surface area contributed by atoms with Gasteiger partial charge in [-0.15, -0.1) is 11.3 Å². The lowest BCUT2D eigenvalue weighted by molar-refractivity contribution is 0.0734. The topological polar surface area (TPSA) is 49.4 Å². The summed E-state index contributed by atoms with van der Waals surface area (Å²) in [6, 6.07) is 19.9. The summed E-state index contributed by atoms with van der Waals surface area (Å²) in [6.45, 7) is 0.558. The quantitative estimate of drug-likeness (QED) is 0.497. The van der Waals surface area contributed by atoms with Crippen LogP contribution < -0.4 is 5.32 Å². The van der Waals surface area contributed by atoms with Crippen molar-refractivity contribution in [3.8, 4) is 10.4 Å². The number of carbonyl (C=O) groups excluding carboxylic acids is 2. The van der Waals surface area contributed by atoms with E-state index in [1.54, 1.807) is 0 Å². The largest absolute Gasteiger partial charge is 0.349 e. The SMILES string of the molecule is O=C(NC1CC1)c1ccc(CN(C(=O)c2ccc(-c3ccc(Cl)cc3)s2)C2CC2)cc1. The Bertz CT molecular complexity index is 1100. The Morgan fingerprint density at radius 1 is 0.935 bits per heavy atom. The number of amides is 2. The van der Waals surface area contributed by atoms with Crippen LogP contribution in [0, 0.1) is 0 Å². The summed E-state index contributed by atoms with van der Waals surface area (Å²) in [6.07, 6.45) is 4.24. The molecule has 2 aliphatic rings. The molecular weight excluding hydrogens is 428 g/mol. The van der Waals surface area contributed by atoms with Crippen LogP contribution in [0.2, 0.25) is 5.02 Å². The highest BCUT2D eigenvalue weighted by molar-refractivity contribution is 7.17. The first-order valence-corrected chi connectivity index (χ1v) is 11.8. The summed E-state index contributed by atoms with van der Waals surface area (Å²) >= 11 is 7.50. The second-order valence-electron chi connectivity index (χ2n) is 8.28. The molecule has 0 unspecified atom stereocenters. The molecule has 3 aromatic rings. The van der Waals surface area contributed by atoms with Crippen molar-refractivity contribution >= 4 is 34.8 Å². The molecular formula is C25H23ClN2O2S. The zero-order valence-corrected chi connectivity index (χ0v) is 18.6. The average molecular weight is 451 g/mol. The molecule has 2 aliphatic carbocycles. The van der Waals surface area contributed by atoms with Crippen molar-refractivity contribution in [1.29, 1.82) is 0 Å². The predicted octanol–water partition coefficient (Wildman–Crippen LogP) is 5.77. The molecule has 31 heavy (non-hydrogen) atoms. The predicted molar refractivity (Wildman–Crippen MR) is 125 cm³/mol. The third-order valence-electron chi connectivity index (χ3n) is 5.68. The number of nitrogens with zero attached hydrogens (tertiary/aromatic N) is 1. The molecule has 0 spiro atoms. The molecule has 1 aromatic heterocycles. The molecule has 2 amide bonds. The summed E-state index contributed by atoms with van der Waals surface area (Å²) in [4.78, 5) is 29.3. The van der Waals surface area contributed by atoms with E-state index in [1.807, 2.05) is 65.6 Å². The molecule has 0 radical (unpaired) electrons. The highest BCUT2D eigenvalue weighted by atomic mass is 35.5. The van der Waals surface area contributed by atoms with Gasteiger partial charge in [0.2, 0.25) is 0 Å². The number of hydrogen-bond donors (Lipinski definition) is 1. The molecule has 4 nitrogen and oxygen atoms in total. The van der Waals surface area contributed by atoms with Gasteiger partial charge in [-0.05, 0) is 73.2 Å². The second-order valence-corrected chi connectivity index (χ2v) is 9.80. The number of thiophene rings is 1. The molecule has 5 rings (SSSR count). The Kier molecular flexibility index (Phi) is 5.55. The smallest absolute Gasteiger partial charge is 0.264 e. The molecule has 2 saturated carbocycles. The van der Waals surface area contributed by atoms with E-state index >= 15 is 0 Å². The summed E-state index contributed by atoms with van der Waals surface area (Å²) in [7, 11) is 0. The van der Waals surface area contributed by atoms with Gasteiger partial charge in [-0.1, -0.05) is 35.9 Å². The van der Waals surface area contributed by atoms with Gasteiger partial charge in [-0.3, -0.25) is 9.59 Å². The molecule has 0 aliphatic heterocycles. The van der Waals surface area contributed by atoms with E-state index in [9.17, 15) is 9.59 Å². The third-order valence-corrected chi connectivity index (χ3v) is 7.05. The van der Waals surface area contributed by atoms with Crippen molar-refractivity contribution in [3.63, 3.8) is 0 Å². The van der Waals surface area contributed by atoms with E-state index in [4.69, 9.17) is 11.6 Å². The minimum Gasteiger partial charge on any atom is -0.349 e. The number of halogens is 1. The summed E-state index contributed by atoms with van der Waals surface area (Å²) in [5.74, 6) is 0.0563. The molecule has 2 aromatic carbocycles. The lowest BCUT2D eigenvalue weighted by atomic mass is 10.1. The minimum atomic E-state index is -0.0162. The maximum Gasteiger partial charge on any atom is 0.264 e. The van der Waals surface area contributed by atoms with Crippen LogP contribution >= 0.6 is 22.9 Å². The van der Waals surface area contributed by atoms with Crippen LogP contribution in [0.15, 0.2) is 60.7 Å². The van der Waals surface area contributed by atoms with Crippen molar-refractivity contribution in [2.45, 2.75) is 44.3 Å². The first kappa shape index (κ1) is 20.3. The van der Waals surface area contributed by atoms with Crippen LogP contribution in [0.25, 0.3) is 10.4 Å². The summed E-state index contributed by atoms with van der Waals surface area (Å²) < 4.78 is 0. The van der Waals surface area contributed by atoms with Gasteiger partial charge in [0.05, 0.1) is 4.88 Å². The molecule has 1 N–H and O–H groups in total. The normalized spacial score (nSPS) is 15.5. The Morgan fingerprint density at radius 3 is 2.29 bits per heavy atom. The van der Waals surface area contributed by atoms with E-state index in [2.05, 4.69) is 5.32 Å². The van der Waals surface area contributed by atoms with Crippen LogP contribution in [0.5, 0.6) is 0 Å². The van der Waals surface area contributed by atoms with Gasteiger partial charge >= 0.3 is 0 Å². The van der Waals surface area contributed by atoms with Crippen LogP contribution in [0.3, 0.4) is 0 Å². The highest BCUT2D eigenvalue weighted by Gasteiger charge is 2.33. The van der Waals surface area contributed by atoms with E-state index < -0.39 is 0 Å². The van der Waals surface area contributed by atoms with Crippen molar-refractivity contribution in [1.82, 2.24) is 10.2 Å². The van der Waals surface area contributed by atoms with Gasteiger partial charge in [0.25, 0.3) is 11.8 Å². The Morgan fingerprint density at radius 2 is 1.65 bits per heavy atom. The van der Waals surface area contributed by atoms with Gasteiger partial charge in [0, 0.05) is 34.1 Å². The first-order valence-electron chi connectivity index (χ1n) is 10.6. The van der Waals surface area contributed by atoms with Gasteiger partial charge < -0.3 is 10.2 Å². The monoisotopic (exact) mass is 450 g/mol. The molecule has 158 valence electrons. The van der Waals surface area contributed by atoms with Gasteiger partial charge in [0.15, 0.2) is 0 Å². The van der Waals surface area contributed by atoms with E-state index in [0.29, 0.717) is 29.2 Å². The Labute approximate surface area is 190 Å². The lowest BCUT2D eigenvalue weighted by Crippen LogP contribution is -2.32. The fourth-order valence-corrected chi connectivity index (χ4v) is 4.66. The summed E-state index contributed by atoms with van der Waals surface area (Å²) in [5, 5.41) is 3.71. The Balaban J connectivity index is 1.29. The Hall–Kier alpha value is -2.63. The number of nitrogens with one attached hydrogen (secondary N) is 1. The maximum atomic E-state index is 13.3. The minimum absolute atomic E-state index is 0.0162. The molecule has 1 heterocycles. The van der Waals surface area contributed by atoms with Crippen molar-refractivity contribution < 1.29 is 9.59 Å². The van der Waals surface area contributed by atoms with Crippen molar-refractivity contribution in [3.05, 3.63) is 81.7 Å². The maximum absolute atomic E-state index is 13.3. The lowest BCUT2D eigenvalue weighted by Gasteiger charge is -2.22. The van der Waals surface area contributed by atoms with Crippen LogP contribution in [-0.4, -0.2) is 28.8 Å². The van der Waals surface area contributed by atoms with Crippen LogP contribution in [0.4, 0.5) is 0 Å². The fraction of sp³-hybridized carbons (Fsp3) is 0.280. The molecule has 6 heteroatoms. The van der Waals surface area contributed by atoms with E-state index in [0.717, 1.165) is 46.6 Å². The molecule has 0 bridgehead atoms. The highest BCUT2D eigenvalue weighted by Crippen LogP contribution is 2.34. The number of rotatable bonds is 7. The number of carbonyl (C=O) groups is 2. The van der Waals surface area contributed by atoms with Crippen LogP contribution in [0.1, 0.15) is 51.3 Å². The zero-order valence-electron chi connectivity index (χ0n) is 17.0. The average Bonchev–Trinajstić information content (AvgIpc) is 3.72. The van der Waals surface area contributed by atoms with E-state index in [-0.39, 0.29) is 11.8 Å². The van der Waals surface area contributed by atoms with Crippen molar-refractivity contribution in [2.75, 3.05) is 0 Å². The van der Waals surface area contributed by atoms with Crippen molar-refractivity contribution in [2.24, 2.45) is 0 Å².